The Morgan fingerprint density at radius 3 is 2.70 bits per heavy atom. The van der Waals surface area contributed by atoms with Crippen LogP contribution in [0.1, 0.15) is 12.0 Å². The molecule has 146 valence electrons. The molecule has 27 heavy (non-hydrogen) atoms. The van der Waals surface area contributed by atoms with E-state index in [4.69, 9.17) is 11.6 Å². The maximum absolute atomic E-state index is 13.9. The number of halogens is 2. The number of carboxylic acids is 1. The van der Waals surface area contributed by atoms with Gasteiger partial charge in [0.05, 0.1) is 11.1 Å². The van der Waals surface area contributed by atoms with Crippen LogP contribution in [0.2, 0.25) is 5.02 Å². The van der Waals surface area contributed by atoms with Gasteiger partial charge in [-0.15, -0.1) is 0 Å². The van der Waals surface area contributed by atoms with Gasteiger partial charge in [0.2, 0.25) is 0 Å². The van der Waals surface area contributed by atoms with Gasteiger partial charge < -0.3 is 14.8 Å². The molecule has 0 saturated heterocycles. The third-order valence-electron chi connectivity index (χ3n) is 4.26. The summed E-state index contributed by atoms with van der Waals surface area (Å²) in [5.41, 5.74) is 0.654. The van der Waals surface area contributed by atoms with Gasteiger partial charge in [0.15, 0.2) is 6.29 Å². The van der Waals surface area contributed by atoms with E-state index in [1.165, 1.54) is 23.2 Å². The molecule has 0 fully saturated rings. The third kappa shape index (κ3) is 4.88. The molecule has 1 aromatic carbocycles. The number of aldehydes is 2. The Morgan fingerprint density at radius 1 is 1.37 bits per heavy atom. The van der Waals surface area contributed by atoms with Crippen LogP contribution in [0.25, 0.3) is 5.57 Å². The highest BCUT2D eigenvalue weighted by atomic mass is 35.5. The van der Waals surface area contributed by atoms with Gasteiger partial charge in [0, 0.05) is 23.9 Å². The molecule has 0 saturated carbocycles. The SMILES string of the molecule is CSCCCN1C(C=O)C(c2cccc(F)c2Cl)=CN(CC(=O)O)C1C=O. The van der Waals surface area contributed by atoms with E-state index in [0.717, 1.165) is 5.75 Å². The van der Waals surface area contributed by atoms with Gasteiger partial charge in [-0.25, -0.2) is 4.39 Å². The van der Waals surface area contributed by atoms with E-state index in [9.17, 15) is 23.9 Å². The molecular weight excluding hydrogens is 395 g/mol. The summed E-state index contributed by atoms with van der Waals surface area (Å²) >= 11 is 7.71. The first-order valence-corrected chi connectivity index (χ1v) is 10.0. The summed E-state index contributed by atoms with van der Waals surface area (Å²) in [5, 5.41) is 9.04. The summed E-state index contributed by atoms with van der Waals surface area (Å²) in [5.74, 6) is -0.959. The van der Waals surface area contributed by atoms with Gasteiger partial charge in [-0.3, -0.25) is 14.5 Å². The van der Waals surface area contributed by atoms with Crippen LogP contribution in [-0.4, -0.2) is 70.8 Å². The maximum Gasteiger partial charge on any atom is 0.323 e. The summed E-state index contributed by atoms with van der Waals surface area (Å²) in [6.07, 6.45) is 4.42. The molecule has 6 nitrogen and oxygen atoms in total. The highest BCUT2D eigenvalue weighted by molar-refractivity contribution is 7.98. The largest absolute Gasteiger partial charge is 0.480 e. The molecule has 0 amide bonds. The van der Waals surface area contributed by atoms with Crippen molar-refractivity contribution >= 4 is 47.5 Å². The van der Waals surface area contributed by atoms with Gasteiger partial charge in [0.1, 0.15) is 24.8 Å². The lowest BCUT2D eigenvalue weighted by Gasteiger charge is -2.43. The number of carbonyl (C=O) groups is 3. The molecule has 0 bridgehead atoms. The molecule has 0 spiro atoms. The second kappa shape index (κ2) is 9.87. The van der Waals surface area contributed by atoms with Crippen molar-refractivity contribution in [3.05, 3.63) is 40.8 Å². The first kappa shape index (κ1) is 21.4. The van der Waals surface area contributed by atoms with E-state index < -0.39 is 30.5 Å². The zero-order valence-corrected chi connectivity index (χ0v) is 16.3. The summed E-state index contributed by atoms with van der Waals surface area (Å²) in [6, 6.07) is 3.38. The lowest BCUT2D eigenvalue weighted by molar-refractivity contribution is -0.140. The van der Waals surface area contributed by atoms with Crippen molar-refractivity contribution in [3.63, 3.8) is 0 Å². The fraction of sp³-hybridized carbons (Fsp3) is 0.389. The molecule has 0 aliphatic carbocycles. The van der Waals surface area contributed by atoms with E-state index in [-0.39, 0.29) is 5.02 Å². The Morgan fingerprint density at radius 2 is 2.11 bits per heavy atom. The molecule has 1 heterocycles. The molecule has 1 aliphatic heterocycles. The minimum atomic E-state index is -1.13. The van der Waals surface area contributed by atoms with Crippen molar-refractivity contribution in [1.82, 2.24) is 9.80 Å². The average Bonchev–Trinajstić information content (AvgIpc) is 2.63. The molecule has 1 N–H and O–H groups in total. The van der Waals surface area contributed by atoms with Crippen molar-refractivity contribution in [2.45, 2.75) is 18.6 Å². The van der Waals surface area contributed by atoms with E-state index in [2.05, 4.69) is 0 Å². The Balaban J connectivity index is 2.54. The lowest BCUT2D eigenvalue weighted by atomic mass is 9.95. The van der Waals surface area contributed by atoms with Crippen LogP contribution in [0.3, 0.4) is 0 Å². The van der Waals surface area contributed by atoms with Crippen LogP contribution in [-0.2, 0) is 14.4 Å². The first-order valence-electron chi connectivity index (χ1n) is 8.23. The Bertz CT molecular complexity index is 746. The minimum Gasteiger partial charge on any atom is -0.480 e. The highest BCUT2D eigenvalue weighted by Gasteiger charge is 2.37. The number of hydrogen-bond acceptors (Lipinski definition) is 6. The van der Waals surface area contributed by atoms with Gasteiger partial charge in [0.25, 0.3) is 0 Å². The molecule has 2 unspecified atom stereocenters. The van der Waals surface area contributed by atoms with Crippen LogP contribution in [0, 0.1) is 5.82 Å². The normalized spacial score (nSPS) is 20.3. The smallest absolute Gasteiger partial charge is 0.323 e. The molecule has 0 radical (unpaired) electrons. The van der Waals surface area contributed by atoms with Crippen LogP contribution in [0.15, 0.2) is 24.4 Å². The number of aliphatic carboxylic acids is 1. The predicted octanol–water partition coefficient (Wildman–Crippen LogP) is 2.37. The van der Waals surface area contributed by atoms with Crippen LogP contribution < -0.4 is 0 Å². The number of hydrogen-bond donors (Lipinski definition) is 1. The predicted molar refractivity (Wildman–Crippen MR) is 103 cm³/mol. The number of benzene rings is 1. The molecule has 9 heteroatoms. The summed E-state index contributed by atoms with van der Waals surface area (Å²) in [6.45, 7) is -0.0432. The quantitative estimate of drug-likeness (QED) is 0.491. The Kier molecular flexibility index (Phi) is 7.82. The van der Waals surface area contributed by atoms with E-state index in [1.54, 1.807) is 22.7 Å². The van der Waals surface area contributed by atoms with Gasteiger partial charge >= 0.3 is 5.97 Å². The molecule has 2 rings (SSSR count). The minimum absolute atomic E-state index is 0.153. The zero-order chi connectivity index (χ0) is 20.0. The van der Waals surface area contributed by atoms with E-state index in [0.29, 0.717) is 36.7 Å². The number of thioether (sulfide) groups is 1. The summed E-state index contributed by atoms with van der Waals surface area (Å²) in [4.78, 5) is 37.8. The number of carbonyl (C=O) groups excluding carboxylic acids is 2. The van der Waals surface area contributed by atoms with Gasteiger partial charge in [-0.1, -0.05) is 23.7 Å². The zero-order valence-electron chi connectivity index (χ0n) is 14.7. The van der Waals surface area contributed by atoms with Crippen molar-refractivity contribution in [1.29, 1.82) is 0 Å². The monoisotopic (exact) mass is 414 g/mol. The van der Waals surface area contributed by atoms with Gasteiger partial charge in [-0.2, -0.15) is 11.8 Å². The van der Waals surface area contributed by atoms with Crippen molar-refractivity contribution in [2.24, 2.45) is 0 Å². The van der Waals surface area contributed by atoms with E-state index in [1.807, 2.05) is 6.26 Å². The maximum atomic E-state index is 13.9. The summed E-state index contributed by atoms with van der Waals surface area (Å²) < 4.78 is 13.9. The molecule has 0 aromatic heterocycles. The average molecular weight is 415 g/mol. The molecule has 2 atom stereocenters. The third-order valence-corrected chi connectivity index (χ3v) is 5.34. The summed E-state index contributed by atoms with van der Waals surface area (Å²) in [7, 11) is 0. The fourth-order valence-electron chi connectivity index (χ4n) is 3.09. The second-order valence-electron chi connectivity index (χ2n) is 5.97. The number of rotatable bonds is 9. The second-order valence-corrected chi connectivity index (χ2v) is 7.33. The Hall–Kier alpha value is -1.90. The van der Waals surface area contributed by atoms with Crippen LogP contribution in [0.5, 0.6) is 0 Å². The molecule has 1 aliphatic rings. The van der Waals surface area contributed by atoms with Crippen LogP contribution in [0.4, 0.5) is 4.39 Å². The molecule has 1 aromatic rings. The van der Waals surface area contributed by atoms with Crippen molar-refractivity contribution < 1.29 is 23.9 Å². The van der Waals surface area contributed by atoms with Crippen LogP contribution >= 0.6 is 23.4 Å². The molecular formula is C18H20ClFN2O4S. The highest BCUT2D eigenvalue weighted by Crippen LogP contribution is 2.34. The Labute approximate surface area is 166 Å². The number of carboxylic acid groups (broad SMARTS) is 1. The topological polar surface area (TPSA) is 77.9 Å². The van der Waals surface area contributed by atoms with Gasteiger partial charge in [-0.05, 0) is 24.5 Å². The van der Waals surface area contributed by atoms with Crippen molar-refractivity contribution in [2.75, 3.05) is 25.1 Å². The standard InChI is InChI=1S/C18H20ClFN2O4S/c1-27-7-3-6-22-15(10-23)13(12-4-2-5-14(20)18(12)19)8-21(9-17(25)26)16(22)11-24/h2,4-5,8,10-11,15-16H,3,6-7,9H2,1H3,(H,25,26). The first-order chi connectivity index (χ1) is 12.9. The van der Waals surface area contributed by atoms with Crippen molar-refractivity contribution in [3.8, 4) is 0 Å². The number of nitrogens with zero attached hydrogens (tertiary/aromatic N) is 2. The fourth-order valence-corrected chi connectivity index (χ4v) is 3.74. The van der Waals surface area contributed by atoms with E-state index >= 15 is 0 Å². The lowest BCUT2D eigenvalue weighted by Crippen LogP contribution is -2.57.